The maximum Gasteiger partial charge on any atom is 0.249 e. The number of aromatic nitrogens is 2. The van der Waals surface area contributed by atoms with Gasteiger partial charge in [-0.3, -0.25) is 9.59 Å². The predicted octanol–water partition coefficient (Wildman–Crippen LogP) is 4.89. The van der Waals surface area contributed by atoms with E-state index in [0.717, 1.165) is 31.2 Å². The summed E-state index contributed by atoms with van der Waals surface area (Å²) < 4.78 is 10.8. The minimum Gasteiger partial charge on any atom is -0.383 e. The van der Waals surface area contributed by atoms with Gasteiger partial charge in [0.1, 0.15) is 6.04 Å². The van der Waals surface area contributed by atoms with E-state index in [9.17, 15) is 9.59 Å². The van der Waals surface area contributed by atoms with Gasteiger partial charge in [-0.25, -0.2) is 0 Å². The van der Waals surface area contributed by atoms with Crippen molar-refractivity contribution in [2.24, 2.45) is 5.92 Å². The Morgan fingerprint density at radius 2 is 1.89 bits per heavy atom. The van der Waals surface area contributed by atoms with Crippen molar-refractivity contribution in [2.45, 2.75) is 63.8 Å². The zero-order valence-electron chi connectivity index (χ0n) is 20.5. The van der Waals surface area contributed by atoms with Crippen molar-refractivity contribution >= 4 is 23.4 Å². The number of hydrogen-bond acceptors (Lipinski definition) is 6. The molecule has 1 aromatic carbocycles. The molecule has 1 atom stereocenters. The Morgan fingerprint density at radius 1 is 1.14 bits per heavy atom. The molecular weight excluding hydrogens is 468 g/mol. The Labute approximate surface area is 211 Å². The van der Waals surface area contributed by atoms with Crippen molar-refractivity contribution in [3.8, 4) is 11.4 Å². The molecule has 8 nitrogen and oxygen atoms in total. The maximum atomic E-state index is 13.4. The average molecular weight is 503 g/mol. The molecule has 4 rings (SSSR count). The lowest BCUT2D eigenvalue weighted by Crippen LogP contribution is -2.46. The first-order chi connectivity index (χ1) is 17.0. The van der Waals surface area contributed by atoms with Crippen LogP contribution in [0.5, 0.6) is 0 Å². The van der Waals surface area contributed by atoms with Crippen molar-refractivity contribution < 1.29 is 18.8 Å². The number of benzene rings is 1. The zero-order chi connectivity index (χ0) is 24.6. The molecule has 0 radical (unpaired) electrons. The zero-order valence-corrected chi connectivity index (χ0v) is 21.2. The number of halogens is 1. The summed E-state index contributed by atoms with van der Waals surface area (Å²) in [6.45, 7) is 1.46. The Bertz CT molecular complexity index is 974. The number of carbonyl (C=O) groups excluding carboxylic acids is 2. The number of methoxy groups -OCH3 is 1. The van der Waals surface area contributed by atoms with E-state index in [4.69, 9.17) is 20.9 Å². The number of hydrogen-bond donors (Lipinski definition) is 0. The summed E-state index contributed by atoms with van der Waals surface area (Å²) in [6, 6.07) is 6.95. The monoisotopic (exact) mass is 502 g/mol. The number of rotatable bonds is 10. The molecular formula is C26H35ClN4O4. The van der Waals surface area contributed by atoms with Gasteiger partial charge in [0.05, 0.1) is 13.2 Å². The van der Waals surface area contributed by atoms with Gasteiger partial charge >= 0.3 is 0 Å². The van der Waals surface area contributed by atoms with Crippen molar-refractivity contribution in [3.63, 3.8) is 0 Å². The molecule has 1 saturated heterocycles. The second-order valence-electron chi connectivity index (χ2n) is 9.56. The first-order valence-corrected chi connectivity index (χ1v) is 13.1. The van der Waals surface area contributed by atoms with Gasteiger partial charge < -0.3 is 19.1 Å². The van der Waals surface area contributed by atoms with Crippen LogP contribution in [-0.4, -0.2) is 65.1 Å². The Morgan fingerprint density at radius 3 is 2.63 bits per heavy atom. The van der Waals surface area contributed by atoms with E-state index in [0.29, 0.717) is 48.8 Å². The molecule has 2 aromatic rings. The maximum absolute atomic E-state index is 13.4. The Balaban J connectivity index is 1.42. The minimum absolute atomic E-state index is 0.0266. The number of carbonyl (C=O) groups is 2. The molecule has 2 amide bonds. The van der Waals surface area contributed by atoms with Gasteiger partial charge in [-0.05, 0) is 55.9 Å². The predicted molar refractivity (Wildman–Crippen MR) is 133 cm³/mol. The van der Waals surface area contributed by atoms with Gasteiger partial charge in [0.25, 0.3) is 0 Å². The van der Waals surface area contributed by atoms with E-state index in [1.165, 1.54) is 25.7 Å². The summed E-state index contributed by atoms with van der Waals surface area (Å²) in [5, 5.41) is 4.76. The van der Waals surface area contributed by atoms with Crippen LogP contribution in [0.15, 0.2) is 28.8 Å². The van der Waals surface area contributed by atoms with Gasteiger partial charge in [0.2, 0.25) is 23.5 Å². The average Bonchev–Trinajstić information content (AvgIpc) is 3.58. The van der Waals surface area contributed by atoms with Crippen LogP contribution in [0.25, 0.3) is 11.4 Å². The molecule has 0 N–H and O–H groups in total. The van der Waals surface area contributed by atoms with Crippen LogP contribution in [0.3, 0.4) is 0 Å². The number of amides is 2. The van der Waals surface area contributed by atoms with E-state index >= 15 is 0 Å². The number of likely N-dealkylation sites (tertiary alicyclic amines) is 1. The fraction of sp³-hybridized carbons (Fsp3) is 0.615. The van der Waals surface area contributed by atoms with Gasteiger partial charge in [0, 0.05) is 37.2 Å². The van der Waals surface area contributed by atoms with E-state index in [1.54, 1.807) is 29.0 Å². The fourth-order valence-corrected chi connectivity index (χ4v) is 5.23. The highest BCUT2D eigenvalue weighted by Gasteiger charge is 2.33. The van der Waals surface area contributed by atoms with E-state index < -0.39 is 0 Å². The summed E-state index contributed by atoms with van der Waals surface area (Å²) in [5.74, 6) is 1.47. The molecule has 9 heteroatoms. The van der Waals surface area contributed by atoms with Crippen molar-refractivity contribution in [3.05, 3.63) is 35.2 Å². The van der Waals surface area contributed by atoms with Gasteiger partial charge in [-0.2, -0.15) is 4.98 Å². The van der Waals surface area contributed by atoms with Gasteiger partial charge in [-0.15, -0.1) is 0 Å². The number of piperidine rings is 1. The molecule has 1 unspecified atom stereocenters. The standard InChI is InChI=1S/C26H35ClN4O4/c1-34-17-16-30(23(32)14-9-19-6-2-3-7-19)18-24(33)31-15-5-4-8-22(31)26-28-25(29-35-26)20-10-12-21(27)13-11-20/h10-13,19,22H,2-9,14-18H2,1H3. The van der Waals surface area contributed by atoms with Crippen molar-refractivity contribution in [2.75, 3.05) is 33.4 Å². The molecule has 2 fully saturated rings. The third kappa shape index (κ3) is 6.82. The lowest BCUT2D eigenvalue weighted by molar-refractivity contribution is -0.143. The van der Waals surface area contributed by atoms with E-state index in [-0.39, 0.29) is 24.4 Å². The summed E-state index contributed by atoms with van der Waals surface area (Å²) >= 11 is 5.98. The Kier molecular flexibility index (Phi) is 9.15. The smallest absolute Gasteiger partial charge is 0.249 e. The highest BCUT2D eigenvalue weighted by Crippen LogP contribution is 2.32. The fourth-order valence-electron chi connectivity index (χ4n) is 5.11. The number of nitrogens with zero attached hydrogens (tertiary/aromatic N) is 4. The summed E-state index contributed by atoms with van der Waals surface area (Å²) in [4.78, 5) is 34.5. The molecule has 1 aliphatic carbocycles. The topological polar surface area (TPSA) is 88.8 Å². The molecule has 2 heterocycles. The van der Waals surface area contributed by atoms with Crippen LogP contribution in [0.1, 0.15) is 69.7 Å². The lowest BCUT2D eigenvalue weighted by atomic mass is 10.0. The molecule has 1 saturated carbocycles. The first-order valence-electron chi connectivity index (χ1n) is 12.7. The quantitative estimate of drug-likeness (QED) is 0.459. The molecule has 35 heavy (non-hydrogen) atoms. The number of ether oxygens (including phenoxy) is 1. The van der Waals surface area contributed by atoms with Gasteiger partial charge in [-0.1, -0.05) is 42.4 Å². The largest absolute Gasteiger partial charge is 0.383 e. The summed E-state index contributed by atoms with van der Waals surface area (Å²) in [5.41, 5.74) is 0.802. The third-order valence-corrected chi connectivity index (χ3v) is 7.39. The van der Waals surface area contributed by atoms with E-state index in [1.807, 2.05) is 12.1 Å². The second-order valence-corrected chi connectivity index (χ2v) is 10.00. The first kappa shape index (κ1) is 25.6. The molecule has 190 valence electrons. The Hall–Kier alpha value is -2.45. The van der Waals surface area contributed by atoms with Crippen molar-refractivity contribution in [1.29, 1.82) is 0 Å². The molecule has 0 bridgehead atoms. The van der Waals surface area contributed by atoms with Crippen LogP contribution in [-0.2, 0) is 14.3 Å². The van der Waals surface area contributed by atoms with Gasteiger partial charge in [0.15, 0.2) is 0 Å². The highest BCUT2D eigenvalue weighted by atomic mass is 35.5. The second kappa shape index (κ2) is 12.5. The summed E-state index contributed by atoms with van der Waals surface area (Å²) in [6.07, 6.45) is 8.96. The van der Waals surface area contributed by atoms with Crippen LogP contribution >= 0.6 is 11.6 Å². The third-order valence-electron chi connectivity index (χ3n) is 7.14. The normalized spacial score (nSPS) is 18.7. The minimum atomic E-state index is -0.289. The van der Waals surface area contributed by atoms with Crippen LogP contribution in [0.2, 0.25) is 5.02 Å². The molecule has 2 aliphatic rings. The highest BCUT2D eigenvalue weighted by molar-refractivity contribution is 6.30. The molecule has 1 aromatic heterocycles. The van der Waals surface area contributed by atoms with Crippen LogP contribution in [0.4, 0.5) is 0 Å². The van der Waals surface area contributed by atoms with E-state index in [2.05, 4.69) is 10.1 Å². The lowest BCUT2D eigenvalue weighted by Gasteiger charge is -2.35. The molecule has 1 aliphatic heterocycles. The van der Waals surface area contributed by atoms with Crippen molar-refractivity contribution in [1.82, 2.24) is 19.9 Å². The van der Waals surface area contributed by atoms with Crippen LogP contribution < -0.4 is 0 Å². The summed E-state index contributed by atoms with van der Waals surface area (Å²) in [7, 11) is 1.61. The SMILES string of the molecule is COCCN(CC(=O)N1CCCCC1c1nc(-c2ccc(Cl)cc2)no1)C(=O)CCC1CCCC1. The molecule has 0 spiro atoms. The van der Waals surface area contributed by atoms with Crippen LogP contribution in [0, 0.1) is 5.92 Å².